The molecule has 0 aliphatic rings. The van der Waals surface area contributed by atoms with E-state index in [-0.39, 0.29) is 11.4 Å². The molecule has 2 heterocycles. The van der Waals surface area contributed by atoms with Crippen molar-refractivity contribution in [2.75, 3.05) is 13.2 Å². The van der Waals surface area contributed by atoms with Crippen LogP contribution in [0, 0.1) is 10.1 Å². The van der Waals surface area contributed by atoms with E-state index in [0.29, 0.717) is 29.3 Å². The molecule has 0 bridgehead atoms. The van der Waals surface area contributed by atoms with Crippen LogP contribution in [0.5, 0.6) is 0 Å². The van der Waals surface area contributed by atoms with Crippen molar-refractivity contribution < 1.29 is 14.5 Å². The van der Waals surface area contributed by atoms with Crippen LogP contribution < -0.4 is 4.80 Å². The minimum absolute atomic E-state index is 0.00156. The number of aryl methyl sites for hydroxylation is 1. The standard InChI is InChI=1S/C16H17N5O4S/c1-3-25-9-8-20-13-5-4-11(21(23)24)10-14(13)26-16(20)17-15(22)12-6-7-19(2)18-12/h4-7,10H,3,8-9H2,1-2H3. The molecule has 3 aromatic rings. The van der Waals surface area contributed by atoms with Gasteiger partial charge in [0.05, 0.1) is 21.7 Å². The number of fused-ring (bicyclic) bond motifs is 1. The zero-order valence-corrected chi connectivity index (χ0v) is 15.1. The molecule has 1 amide bonds. The van der Waals surface area contributed by atoms with Crippen LogP contribution in [0.25, 0.3) is 10.2 Å². The summed E-state index contributed by atoms with van der Waals surface area (Å²) in [5.41, 5.74) is 1.01. The summed E-state index contributed by atoms with van der Waals surface area (Å²) in [5, 5.41) is 15.1. The number of thiazole rings is 1. The summed E-state index contributed by atoms with van der Waals surface area (Å²) in [6.07, 6.45) is 1.67. The van der Waals surface area contributed by atoms with Crippen LogP contribution in [0.4, 0.5) is 5.69 Å². The average Bonchev–Trinajstić information content (AvgIpc) is 3.18. The van der Waals surface area contributed by atoms with E-state index in [9.17, 15) is 14.9 Å². The van der Waals surface area contributed by atoms with E-state index in [0.717, 1.165) is 5.52 Å². The highest BCUT2D eigenvalue weighted by Gasteiger charge is 2.14. The molecule has 3 rings (SSSR count). The van der Waals surface area contributed by atoms with Crippen molar-refractivity contribution in [3.8, 4) is 0 Å². The number of non-ortho nitro benzene ring substituents is 1. The van der Waals surface area contributed by atoms with Gasteiger partial charge in [-0.3, -0.25) is 19.6 Å². The van der Waals surface area contributed by atoms with Crippen molar-refractivity contribution in [1.29, 1.82) is 0 Å². The van der Waals surface area contributed by atoms with Crippen LogP contribution in [0.1, 0.15) is 17.4 Å². The second-order valence-corrected chi connectivity index (χ2v) is 6.44. The highest BCUT2D eigenvalue weighted by atomic mass is 32.1. The van der Waals surface area contributed by atoms with Crippen LogP contribution in [0.2, 0.25) is 0 Å². The van der Waals surface area contributed by atoms with E-state index < -0.39 is 10.8 Å². The van der Waals surface area contributed by atoms with Crippen LogP contribution in [0.3, 0.4) is 0 Å². The summed E-state index contributed by atoms with van der Waals surface area (Å²) in [6.45, 7) is 3.41. The number of hydrogen-bond donors (Lipinski definition) is 0. The molecule has 1 aromatic carbocycles. The first-order valence-corrected chi connectivity index (χ1v) is 8.75. The number of amides is 1. The van der Waals surface area contributed by atoms with Gasteiger partial charge < -0.3 is 9.30 Å². The van der Waals surface area contributed by atoms with Gasteiger partial charge in [0.2, 0.25) is 0 Å². The van der Waals surface area contributed by atoms with Gasteiger partial charge in [-0.15, -0.1) is 0 Å². The molecule has 0 atom stereocenters. The van der Waals surface area contributed by atoms with Gasteiger partial charge in [0.1, 0.15) is 0 Å². The molecule has 26 heavy (non-hydrogen) atoms. The van der Waals surface area contributed by atoms with E-state index in [4.69, 9.17) is 4.74 Å². The lowest BCUT2D eigenvalue weighted by Crippen LogP contribution is -2.20. The van der Waals surface area contributed by atoms with Crippen molar-refractivity contribution in [3.05, 3.63) is 51.1 Å². The predicted molar refractivity (Wildman–Crippen MR) is 96.1 cm³/mol. The van der Waals surface area contributed by atoms with Gasteiger partial charge >= 0.3 is 0 Å². The Balaban J connectivity index is 2.09. The van der Waals surface area contributed by atoms with Gasteiger partial charge in [-0.1, -0.05) is 11.3 Å². The van der Waals surface area contributed by atoms with Crippen LogP contribution >= 0.6 is 11.3 Å². The number of hydrogen-bond acceptors (Lipinski definition) is 6. The second kappa shape index (κ2) is 7.58. The minimum Gasteiger partial charge on any atom is -0.380 e. The molecular weight excluding hydrogens is 358 g/mol. The molecule has 0 aliphatic heterocycles. The van der Waals surface area contributed by atoms with E-state index in [1.54, 1.807) is 25.4 Å². The third-order valence-corrected chi connectivity index (χ3v) is 4.71. The first-order valence-electron chi connectivity index (χ1n) is 7.94. The Kier molecular flexibility index (Phi) is 5.24. The molecule has 0 radical (unpaired) electrons. The zero-order valence-electron chi connectivity index (χ0n) is 14.3. The smallest absolute Gasteiger partial charge is 0.300 e. The summed E-state index contributed by atoms with van der Waals surface area (Å²) in [5.74, 6) is -0.461. The molecule has 0 fully saturated rings. The summed E-state index contributed by atoms with van der Waals surface area (Å²) in [7, 11) is 1.72. The van der Waals surface area contributed by atoms with Crippen molar-refractivity contribution in [2.24, 2.45) is 12.0 Å². The molecule has 0 saturated heterocycles. The van der Waals surface area contributed by atoms with Gasteiger partial charge in [-0.05, 0) is 19.1 Å². The maximum Gasteiger partial charge on any atom is 0.300 e. The summed E-state index contributed by atoms with van der Waals surface area (Å²) >= 11 is 1.22. The summed E-state index contributed by atoms with van der Waals surface area (Å²) in [4.78, 5) is 27.6. The van der Waals surface area contributed by atoms with Crippen molar-refractivity contribution in [3.63, 3.8) is 0 Å². The third kappa shape index (κ3) is 3.70. The lowest BCUT2D eigenvalue weighted by Gasteiger charge is -2.05. The molecule has 9 nitrogen and oxygen atoms in total. The number of nitro groups is 1. The van der Waals surface area contributed by atoms with Crippen molar-refractivity contribution >= 4 is 33.1 Å². The fourth-order valence-corrected chi connectivity index (χ4v) is 3.54. The predicted octanol–water partition coefficient (Wildman–Crippen LogP) is 2.12. The molecule has 0 aliphatic carbocycles. The summed E-state index contributed by atoms with van der Waals surface area (Å²) < 4.78 is 9.44. The molecule has 0 N–H and O–H groups in total. The number of rotatable bonds is 6. The fourth-order valence-electron chi connectivity index (χ4n) is 2.45. The van der Waals surface area contributed by atoms with E-state index in [2.05, 4.69) is 10.1 Å². The molecule has 2 aromatic heterocycles. The van der Waals surface area contributed by atoms with Crippen molar-refractivity contribution in [1.82, 2.24) is 14.3 Å². The van der Waals surface area contributed by atoms with Gasteiger partial charge in [0.25, 0.3) is 11.6 Å². The number of nitrogens with zero attached hydrogens (tertiary/aromatic N) is 5. The average molecular weight is 375 g/mol. The topological polar surface area (TPSA) is 105 Å². The number of carbonyl (C=O) groups excluding carboxylic acids is 1. The molecular formula is C16H17N5O4S. The lowest BCUT2D eigenvalue weighted by molar-refractivity contribution is -0.384. The van der Waals surface area contributed by atoms with Crippen LogP contribution in [-0.4, -0.2) is 38.4 Å². The Morgan fingerprint density at radius 1 is 1.42 bits per heavy atom. The SMILES string of the molecule is CCOCCn1c(=NC(=O)c2ccn(C)n2)sc2cc([N+](=O)[O-])ccc21. The van der Waals surface area contributed by atoms with Gasteiger partial charge in [-0.2, -0.15) is 10.1 Å². The summed E-state index contributed by atoms with van der Waals surface area (Å²) in [6, 6.07) is 6.19. The molecule has 0 unspecified atom stereocenters. The van der Waals surface area contributed by atoms with E-state index in [1.807, 2.05) is 11.5 Å². The Labute approximate surface area is 152 Å². The molecule has 136 valence electrons. The van der Waals surface area contributed by atoms with Crippen LogP contribution in [0.15, 0.2) is 35.5 Å². The maximum atomic E-state index is 12.4. The Bertz CT molecular complexity index is 1030. The number of nitro benzene ring substituents is 1. The second-order valence-electron chi connectivity index (χ2n) is 5.43. The fraction of sp³-hybridized carbons (Fsp3) is 0.312. The number of ether oxygens (including phenoxy) is 1. The van der Waals surface area contributed by atoms with E-state index >= 15 is 0 Å². The number of carbonyl (C=O) groups is 1. The first-order chi connectivity index (χ1) is 12.5. The monoisotopic (exact) mass is 375 g/mol. The molecule has 10 heteroatoms. The van der Waals surface area contributed by atoms with Gasteiger partial charge in [0, 0.05) is 38.5 Å². The van der Waals surface area contributed by atoms with Gasteiger partial charge in [-0.25, -0.2) is 0 Å². The Morgan fingerprint density at radius 2 is 2.23 bits per heavy atom. The number of benzene rings is 1. The van der Waals surface area contributed by atoms with E-state index in [1.165, 1.54) is 28.2 Å². The van der Waals surface area contributed by atoms with Gasteiger partial charge in [0.15, 0.2) is 10.5 Å². The molecule has 0 saturated carbocycles. The largest absolute Gasteiger partial charge is 0.380 e. The van der Waals surface area contributed by atoms with Crippen LogP contribution in [-0.2, 0) is 18.3 Å². The highest BCUT2D eigenvalue weighted by Crippen LogP contribution is 2.23. The maximum absolute atomic E-state index is 12.4. The number of aromatic nitrogens is 3. The minimum atomic E-state index is -0.461. The Hall–Kier alpha value is -2.85. The third-order valence-electron chi connectivity index (χ3n) is 3.67. The Morgan fingerprint density at radius 3 is 2.88 bits per heavy atom. The normalized spacial score (nSPS) is 12.0. The quantitative estimate of drug-likeness (QED) is 0.373. The highest BCUT2D eigenvalue weighted by molar-refractivity contribution is 7.16. The van der Waals surface area contributed by atoms with Crippen molar-refractivity contribution in [2.45, 2.75) is 13.5 Å². The molecule has 0 spiro atoms. The zero-order chi connectivity index (χ0) is 18.7. The first kappa shape index (κ1) is 18.0. The lowest BCUT2D eigenvalue weighted by atomic mass is 10.3.